The first-order valence-electron chi connectivity index (χ1n) is 9.02. The number of hydrogen-bond donors (Lipinski definition) is 0. The lowest BCUT2D eigenvalue weighted by atomic mass is 9.96. The summed E-state index contributed by atoms with van der Waals surface area (Å²) < 4.78 is 8.36. The minimum atomic E-state index is -0.341. The van der Waals surface area contributed by atoms with Crippen LogP contribution in [0, 0.1) is 0 Å². The van der Waals surface area contributed by atoms with Crippen LogP contribution in [0.5, 0.6) is 5.75 Å². The van der Waals surface area contributed by atoms with E-state index in [1.54, 1.807) is 0 Å². The van der Waals surface area contributed by atoms with Crippen molar-refractivity contribution in [3.8, 4) is 5.75 Å². The van der Waals surface area contributed by atoms with E-state index in [1.807, 2.05) is 59.6 Å². The third-order valence-electron chi connectivity index (χ3n) is 5.14. The molecule has 0 saturated heterocycles. The molecule has 0 fully saturated rings. The van der Waals surface area contributed by atoms with Gasteiger partial charge in [0, 0.05) is 32.1 Å². The third kappa shape index (κ3) is 3.59. The molecule has 3 nitrogen and oxygen atoms in total. The van der Waals surface area contributed by atoms with E-state index in [0.717, 1.165) is 43.5 Å². The maximum Gasteiger partial charge on any atom is 0.213 e. The van der Waals surface area contributed by atoms with Crippen molar-refractivity contribution >= 4 is 60.8 Å². The largest absolute Gasteiger partial charge is 0.463 e. The molecule has 3 aromatic carbocycles. The zero-order chi connectivity index (χ0) is 20.1. The van der Waals surface area contributed by atoms with E-state index in [2.05, 4.69) is 37.9 Å². The average molecular weight is 553 g/mol. The Morgan fingerprint density at radius 1 is 0.931 bits per heavy atom. The Labute approximate surface area is 195 Å². The second-order valence-corrected chi connectivity index (χ2v) is 9.62. The maximum atomic E-state index is 6.45. The van der Waals surface area contributed by atoms with Crippen LogP contribution in [0.15, 0.2) is 74.7 Å². The van der Waals surface area contributed by atoms with Crippen LogP contribution >= 0.6 is 55.1 Å². The van der Waals surface area contributed by atoms with Gasteiger partial charge >= 0.3 is 0 Å². The van der Waals surface area contributed by atoms with Crippen molar-refractivity contribution in [1.82, 2.24) is 5.01 Å². The summed E-state index contributed by atoms with van der Waals surface area (Å²) >= 11 is 19.4. The number of rotatable bonds is 2. The Hall–Kier alpha value is -1.53. The summed E-state index contributed by atoms with van der Waals surface area (Å²) in [6.07, 6.45) is 0.442. The van der Waals surface area contributed by atoms with Gasteiger partial charge in [0.2, 0.25) is 6.23 Å². The van der Waals surface area contributed by atoms with Crippen LogP contribution < -0.4 is 4.74 Å². The number of hydrogen-bond acceptors (Lipinski definition) is 3. The molecule has 0 amide bonds. The molecule has 0 aliphatic carbocycles. The van der Waals surface area contributed by atoms with Crippen molar-refractivity contribution in [3.63, 3.8) is 0 Å². The minimum Gasteiger partial charge on any atom is -0.463 e. The van der Waals surface area contributed by atoms with E-state index in [1.165, 1.54) is 0 Å². The molecule has 0 saturated carbocycles. The summed E-state index contributed by atoms with van der Waals surface area (Å²) in [6, 6.07) is 19.7. The van der Waals surface area contributed by atoms with Crippen molar-refractivity contribution < 1.29 is 4.74 Å². The maximum absolute atomic E-state index is 6.45. The molecule has 0 spiro atoms. The highest BCUT2D eigenvalue weighted by atomic mass is 79.9. The minimum absolute atomic E-state index is 0.0684. The first-order chi connectivity index (χ1) is 14.0. The third-order valence-corrected chi connectivity index (χ3v) is 6.69. The number of halogens is 4. The molecule has 2 atom stereocenters. The number of hydrazone groups is 1. The lowest BCUT2D eigenvalue weighted by Crippen LogP contribution is -2.33. The number of ether oxygens (including phenoxy) is 1. The number of benzene rings is 3. The number of nitrogens with zero attached hydrogens (tertiary/aromatic N) is 2. The Balaban J connectivity index is 1.62. The van der Waals surface area contributed by atoms with E-state index < -0.39 is 0 Å². The molecule has 29 heavy (non-hydrogen) atoms. The van der Waals surface area contributed by atoms with Gasteiger partial charge in [-0.05, 0) is 57.9 Å². The molecule has 2 aliphatic heterocycles. The predicted molar refractivity (Wildman–Crippen MR) is 124 cm³/mol. The van der Waals surface area contributed by atoms with Gasteiger partial charge in [-0.2, -0.15) is 5.10 Å². The van der Waals surface area contributed by atoms with Crippen LogP contribution in [0.3, 0.4) is 0 Å². The van der Waals surface area contributed by atoms with Gasteiger partial charge < -0.3 is 4.74 Å². The van der Waals surface area contributed by atoms with Gasteiger partial charge in [0.15, 0.2) is 0 Å². The van der Waals surface area contributed by atoms with Gasteiger partial charge in [0.25, 0.3) is 0 Å². The topological polar surface area (TPSA) is 24.8 Å². The Kier molecular flexibility index (Phi) is 5.11. The first kappa shape index (κ1) is 19.4. The van der Waals surface area contributed by atoms with Crippen LogP contribution in [-0.4, -0.2) is 10.7 Å². The molecule has 2 unspecified atom stereocenters. The summed E-state index contributed by atoms with van der Waals surface area (Å²) in [5.74, 6) is 0.849. The molecular weight excluding hydrogens is 539 g/mol. The average Bonchev–Trinajstić information content (AvgIpc) is 3.14. The van der Waals surface area contributed by atoms with E-state index in [-0.39, 0.29) is 12.3 Å². The van der Waals surface area contributed by atoms with Crippen molar-refractivity contribution in [2.75, 3.05) is 0 Å². The summed E-state index contributed by atoms with van der Waals surface area (Å²) in [5.41, 5.74) is 4.18. The first-order valence-corrected chi connectivity index (χ1v) is 11.4. The lowest BCUT2D eigenvalue weighted by molar-refractivity contribution is -0.0197. The van der Waals surface area contributed by atoms with Gasteiger partial charge in [0.1, 0.15) is 5.75 Å². The van der Waals surface area contributed by atoms with Crippen molar-refractivity contribution in [3.05, 3.63) is 96.3 Å². The normalized spacial score (nSPS) is 20.0. The van der Waals surface area contributed by atoms with Gasteiger partial charge in [0.05, 0.1) is 16.2 Å². The Morgan fingerprint density at radius 3 is 2.28 bits per heavy atom. The summed E-state index contributed by atoms with van der Waals surface area (Å²) in [4.78, 5) is 0. The molecule has 2 heterocycles. The quantitative estimate of drug-likeness (QED) is 0.324. The molecule has 0 bridgehead atoms. The van der Waals surface area contributed by atoms with Gasteiger partial charge in [-0.3, -0.25) is 0 Å². The molecule has 146 valence electrons. The number of fused-ring (bicyclic) bond motifs is 3. The van der Waals surface area contributed by atoms with Crippen molar-refractivity contribution in [2.24, 2.45) is 5.10 Å². The molecule has 3 aromatic rings. The standard InChI is InChI=1S/C22H14Br2Cl2N2O/c23-14-9-17-20-11-19(12-1-5-15(25)6-2-12)27-28(20)22(29-21(17)18(24)10-14)13-3-7-16(26)8-4-13/h1-10,20,22H,11H2. The molecule has 2 aliphatic rings. The zero-order valence-electron chi connectivity index (χ0n) is 14.9. The second kappa shape index (κ2) is 7.62. The summed E-state index contributed by atoms with van der Waals surface area (Å²) in [7, 11) is 0. The molecule has 0 N–H and O–H groups in total. The van der Waals surface area contributed by atoms with Crippen LogP contribution in [0.1, 0.15) is 35.4 Å². The molecular formula is C22H14Br2Cl2N2O. The zero-order valence-corrected chi connectivity index (χ0v) is 19.6. The van der Waals surface area contributed by atoms with Gasteiger partial charge in [-0.15, -0.1) is 0 Å². The fourth-order valence-electron chi connectivity index (χ4n) is 3.78. The highest BCUT2D eigenvalue weighted by Crippen LogP contribution is 2.50. The smallest absolute Gasteiger partial charge is 0.213 e. The van der Waals surface area contributed by atoms with E-state index >= 15 is 0 Å². The van der Waals surface area contributed by atoms with Crippen LogP contribution in [0.4, 0.5) is 0 Å². The van der Waals surface area contributed by atoms with E-state index in [4.69, 9.17) is 33.0 Å². The summed E-state index contributed by atoms with van der Waals surface area (Å²) in [6.45, 7) is 0. The van der Waals surface area contributed by atoms with E-state index in [9.17, 15) is 0 Å². The SMILES string of the molecule is Clc1ccc(C2=NN3C(C2)c2cc(Br)cc(Br)c2OC3c2ccc(Cl)cc2)cc1. The lowest BCUT2D eigenvalue weighted by Gasteiger charge is -2.38. The van der Waals surface area contributed by atoms with Crippen molar-refractivity contribution in [1.29, 1.82) is 0 Å². The Bertz CT molecular complexity index is 1120. The molecule has 5 rings (SSSR count). The fourth-order valence-corrected chi connectivity index (χ4v) is 5.38. The second-order valence-electron chi connectivity index (χ2n) is 6.98. The van der Waals surface area contributed by atoms with Gasteiger partial charge in [-0.1, -0.05) is 63.4 Å². The van der Waals surface area contributed by atoms with E-state index in [0.29, 0.717) is 10.0 Å². The highest BCUT2D eigenvalue weighted by Gasteiger charge is 2.41. The Morgan fingerprint density at radius 2 is 1.59 bits per heavy atom. The van der Waals surface area contributed by atoms with Crippen LogP contribution in [0.2, 0.25) is 10.0 Å². The highest BCUT2D eigenvalue weighted by molar-refractivity contribution is 9.11. The van der Waals surface area contributed by atoms with Crippen molar-refractivity contribution in [2.45, 2.75) is 18.7 Å². The fraction of sp³-hybridized carbons (Fsp3) is 0.136. The molecule has 7 heteroatoms. The van der Waals surface area contributed by atoms with Crippen LogP contribution in [-0.2, 0) is 0 Å². The monoisotopic (exact) mass is 550 g/mol. The molecule has 0 radical (unpaired) electrons. The van der Waals surface area contributed by atoms with Gasteiger partial charge in [-0.25, -0.2) is 5.01 Å². The summed E-state index contributed by atoms with van der Waals surface area (Å²) in [5, 5.41) is 8.42. The van der Waals surface area contributed by atoms with Crippen LogP contribution in [0.25, 0.3) is 0 Å². The predicted octanol–water partition coefficient (Wildman–Crippen LogP) is 7.76. The molecule has 0 aromatic heterocycles.